The fourth-order valence-corrected chi connectivity index (χ4v) is 2.59. The van der Waals surface area contributed by atoms with Crippen LogP contribution in [-0.2, 0) is 16.1 Å². The van der Waals surface area contributed by atoms with E-state index in [0.717, 1.165) is 25.9 Å². The molecule has 1 atom stereocenters. The Morgan fingerprint density at radius 3 is 2.76 bits per heavy atom. The Morgan fingerprint density at radius 1 is 1.38 bits per heavy atom. The lowest BCUT2D eigenvalue weighted by Crippen LogP contribution is -2.43. The number of benzene rings is 1. The van der Waals surface area contributed by atoms with Gasteiger partial charge in [0, 0.05) is 26.7 Å². The molecule has 0 aliphatic carbocycles. The Hall–Kier alpha value is -1.10. The molecule has 1 saturated heterocycles. The molecule has 0 radical (unpaired) electrons. The summed E-state index contributed by atoms with van der Waals surface area (Å²) in [5, 5.41) is 3.31. The Kier molecular flexibility index (Phi) is 8.35. The number of hydrogen-bond acceptors (Lipinski definition) is 3. The zero-order chi connectivity index (χ0) is 14.2. The van der Waals surface area contributed by atoms with Crippen LogP contribution < -0.4 is 5.32 Å². The van der Waals surface area contributed by atoms with Crippen LogP contribution in [0.4, 0.5) is 0 Å². The van der Waals surface area contributed by atoms with Gasteiger partial charge >= 0.3 is 0 Å². The first-order chi connectivity index (χ1) is 9.81. The molecule has 1 aliphatic heterocycles. The highest BCUT2D eigenvalue weighted by Gasteiger charge is 2.25. The van der Waals surface area contributed by atoms with Crippen LogP contribution in [-0.4, -0.2) is 44.2 Å². The van der Waals surface area contributed by atoms with Crippen molar-refractivity contribution in [3.05, 3.63) is 35.9 Å². The van der Waals surface area contributed by atoms with Crippen molar-refractivity contribution in [3.63, 3.8) is 0 Å². The highest BCUT2D eigenvalue weighted by molar-refractivity contribution is 5.85. The summed E-state index contributed by atoms with van der Waals surface area (Å²) in [6.07, 6.45) is 2.07. The summed E-state index contributed by atoms with van der Waals surface area (Å²) in [7, 11) is 1.67. The van der Waals surface area contributed by atoms with E-state index in [-0.39, 0.29) is 24.2 Å². The lowest BCUT2D eigenvalue weighted by atomic mass is 9.98. The molecule has 1 N–H and O–H groups in total. The van der Waals surface area contributed by atoms with Gasteiger partial charge in [-0.2, -0.15) is 0 Å². The zero-order valence-corrected chi connectivity index (χ0v) is 13.4. The second-order valence-electron chi connectivity index (χ2n) is 5.28. The van der Waals surface area contributed by atoms with Crippen LogP contribution in [0.25, 0.3) is 0 Å². The summed E-state index contributed by atoms with van der Waals surface area (Å²) in [5.74, 6) is 0.363. The number of carbonyl (C=O) groups excluding carboxylic acids is 1. The number of carbonyl (C=O) groups is 1. The summed E-state index contributed by atoms with van der Waals surface area (Å²) in [4.78, 5) is 14.6. The third kappa shape index (κ3) is 5.65. The third-order valence-electron chi connectivity index (χ3n) is 3.74. The minimum absolute atomic E-state index is 0. The fraction of sp³-hybridized carbons (Fsp3) is 0.562. The molecule has 1 amide bonds. The maximum absolute atomic E-state index is 12.6. The number of halogens is 1. The number of methoxy groups -OCH3 is 1. The third-order valence-corrected chi connectivity index (χ3v) is 3.74. The number of amides is 1. The van der Waals surface area contributed by atoms with Gasteiger partial charge in [0.25, 0.3) is 0 Å². The average Bonchev–Trinajstić information content (AvgIpc) is 2.52. The van der Waals surface area contributed by atoms with Gasteiger partial charge in [-0.1, -0.05) is 30.3 Å². The second-order valence-corrected chi connectivity index (χ2v) is 5.28. The highest BCUT2D eigenvalue weighted by atomic mass is 35.5. The maximum Gasteiger partial charge on any atom is 0.227 e. The van der Waals surface area contributed by atoms with E-state index < -0.39 is 0 Å². The predicted molar refractivity (Wildman–Crippen MR) is 86.6 cm³/mol. The van der Waals surface area contributed by atoms with E-state index in [1.165, 1.54) is 5.56 Å². The van der Waals surface area contributed by atoms with Crippen LogP contribution in [0.1, 0.15) is 18.4 Å². The normalized spacial score (nSPS) is 17.9. The number of nitrogens with one attached hydrogen (secondary N) is 1. The molecule has 0 spiro atoms. The molecule has 0 aromatic heterocycles. The Morgan fingerprint density at radius 2 is 2.14 bits per heavy atom. The monoisotopic (exact) mass is 312 g/mol. The standard InChI is InChI=1S/C16H24N2O2.ClH/c1-20-11-10-18(13-14-6-3-2-4-7-14)16(19)15-8-5-9-17-12-15;/h2-4,6-7,15,17H,5,8-13H2,1H3;1H/t15-;/m1./s1. The molecule has 1 aromatic rings. The largest absolute Gasteiger partial charge is 0.383 e. The van der Waals surface area contributed by atoms with Crippen LogP contribution in [0.5, 0.6) is 0 Å². The van der Waals surface area contributed by atoms with Gasteiger partial charge < -0.3 is 15.0 Å². The minimum atomic E-state index is 0. The van der Waals surface area contributed by atoms with Crippen molar-refractivity contribution in [2.45, 2.75) is 19.4 Å². The molecule has 5 heteroatoms. The summed E-state index contributed by atoms with van der Waals surface area (Å²) in [5.41, 5.74) is 1.17. The first-order valence-corrected chi connectivity index (χ1v) is 7.33. The van der Waals surface area contributed by atoms with E-state index in [9.17, 15) is 4.79 Å². The SMILES string of the molecule is COCCN(Cc1ccccc1)C(=O)[C@@H]1CCCNC1.Cl. The van der Waals surface area contributed by atoms with Gasteiger partial charge in [-0.15, -0.1) is 12.4 Å². The first-order valence-electron chi connectivity index (χ1n) is 7.33. The van der Waals surface area contributed by atoms with Gasteiger partial charge in [-0.05, 0) is 24.9 Å². The molecule has 0 unspecified atom stereocenters. The highest BCUT2D eigenvalue weighted by Crippen LogP contribution is 2.15. The second kappa shape index (κ2) is 9.77. The van der Waals surface area contributed by atoms with Crippen molar-refractivity contribution in [2.24, 2.45) is 5.92 Å². The number of nitrogens with zero attached hydrogens (tertiary/aromatic N) is 1. The first kappa shape index (κ1) is 18.0. The lowest BCUT2D eigenvalue weighted by molar-refractivity contribution is -0.137. The van der Waals surface area contributed by atoms with E-state index in [2.05, 4.69) is 17.4 Å². The number of ether oxygens (including phenoxy) is 1. The molecule has 2 rings (SSSR count). The van der Waals surface area contributed by atoms with Gasteiger partial charge in [0.05, 0.1) is 12.5 Å². The minimum Gasteiger partial charge on any atom is -0.383 e. The van der Waals surface area contributed by atoms with Crippen LogP contribution in [0.2, 0.25) is 0 Å². The van der Waals surface area contributed by atoms with Crippen molar-refractivity contribution < 1.29 is 9.53 Å². The van der Waals surface area contributed by atoms with Crippen LogP contribution in [0.15, 0.2) is 30.3 Å². The molecule has 1 fully saturated rings. The van der Waals surface area contributed by atoms with Crippen molar-refractivity contribution in [3.8, 4) is 0 Å². The number of hydrogen-bond donors (Lipinski definition) is 1. The van der Waals surface area contributed by atoms with Gasteiger partial charge in [0.1, 0.15) is 0 Å². The Balaban J connectivity index is 0.00000220. The molecule has 21 heavy (non-hydrogen) atoms. The number of rotatable bonds is 6. The summed E-state index contributed by atoms with van der Waals surface area (Å²) in [6.45, 7) is 3.73. The van der Waals surface area contributed by atoms with Crippen molar-refractivity contribution in [1.29, 1.82) is 0 Å². The molecule has 1 aromatic carbocycles. The van der Waals surface area contributed by atoms with Crippen molar-refractivity contribution in [1.82, 2.24) is 10.2 Å². The topological polar surface area (TPSA) is 41.6 Å². The smallest absolute Gasteiger partial charge is 0.227 e. The van der Waals surface area contributed by atoms with Crippen LogP contribution >= 0.6 is 12.4 Å². The van der Waals surface area contributed by atoms with E-state index in [1.807, 2.05) is 23.1 Å². The Labute approximate surface area is 133 Å². The molecule has 4 nitrogen and oxygen atoms in total. The molecule has 0 saturated carbocycles. The summed E-state index contributed by atoms with van der Waals surface area (Å²) >= 11 is 0. The van der Waals surface area contributed by atoms with Gasteiger partial charge in [0.2, 0.25) is 5.91 Å². The molecule has 118 valence electrons. The van der Waals surface area contributed by atoms with Gasteiger partial charge in [-0.3, -0.25) is 4.79 Å². The Bertz CT molecular complexity index is 408. The summed E-state index contributed by atoms with van der Waals surface area (Å²) in [6, 6.07) is 10.1. The fourth-order valence-electron chi connectivity index (χ4n) is 2.59. The maximum atomic E-state index is 12.6. The number of piperidine rings is 1. The molecular weight excluding hydrogens is 288 g/mol. The lowest BCUT2D eigenvalue weighted by Gasteiger charge is -2.29. The summed E-state index contributed by atoms with van der Waals surface area (Å²) < 4.78 is 5.14. The van der Waals surface area contributed by atoms with Crippen LogP contribution in [0, 0.1) is 5.92 Å². The van der Waals surface area contributed by atoms with E-state index in [1.54, 1.807) is 7.11 Å². The predicted octanol–water partition coefficient (Wildman–Crippen LogP) is 2.08. The van der Waals surface area contributed by atoms with Crippen molar-refractivity contribution in [2.75, 3.05) is 33.4 Å². The van der Waals surface area contributed by atoms with Gasteiger partial charge in [-0.25, -0.2) is 0 Å². The van der Waals surface area contributed by atoms with Gasteiger partial charge in [0.15, 0.2) is 0 Å². The molecule has 1 heterocycles. The molecular formula is C16H25ClN2O2. The zero-order valence-electron chi connectivity index (χ0n) is 12.6. The van der Waals surface area contributed by atoms with Crippen LogP contribution in [0.3, 0.4) is 0 Å². The average molecular weight is 313 g/mol. The van der Waals surface area contributed by atoms with E-state index in [4.69, 9.17) is 4.74 Å². The van der Waals surface area contributed by atoms with E-state index in [0.29, 0.717) is 19.7 Å². The van der Waals surface area contributed by atoms with E-state index >= 15 is 0 Å². The molecule has 1 aliphatic rings. The molecule has 0 bridgehead atoms. The quantitative estimate of drug-likeness (QED) is 0.874. The van der Waals surface area contributed by atoms with Crippen molar-refractivity contribution >= 4 is 18.3 Å².